The van der Waals surface area contributed by atoms with Gasteiger partial charge in [-0.05, 0) is 23.8 Å². The van der Waals surface area contributed by atoms with Crippen LogP contribution >= 0.6 is 11.6 Å². The first-order chi connectivity index (χ1) is 12.7. The van der Waals surface area contributed by atoms with E-state index in [-0.39, 0.29) is 6.03 Å². The average Bonchev–Trinajstić information content (AvgIpc) is 2.68. The van der Waals surface area contributed by atoms with Gasteiger partial charge in [0.25, 0.3) is 0 Å². The van der Waals surface area contributed by atoms with E-state index in [0.29, 0.717) is 6.54 Å². The molecule has 26 heavy (non-hydrogen) atoms. The lowest BCUT2D eigenvalue weighted by Gasteiger charge is -2.34. The van der Waals surface area contributed by atoms with Crippen molar-refractivity contribution in [2.24, 2.45) is 0 Å². The predicted octanol–water partition coefficient (Wildman–Crippen LogP) is 3.38. The molecule has 1 aliphatic rings. The second-order valence-corrected chi connectivity index (χ2v) is 6.80. The van der Waals surface area contributed by atoms with Crippen molar-refractivity contribution in [3.63, 3.8) is 0 Å². The highest BCUT2D eigenvalue weighted by Crippen LogP contribution is 2.17. The van der Waals surface area contributed by atoms with Gasteiger partial charge in [-0.25, -0.2) is 4.79 Å². The quantitative estimate of drug-likeness (QED) is 0.873. The van der Waals surface area contributed by atoms with Gasteiger partial charge in [-0.2, -0.15) is 0 Å². The van der Waals surface area contributed by atoms with Crippen molar-refractivity contribution in [1.82, 2.24) is 15.1 Å². The molecule has 0 aliphatic carbocycles. The third-order valence-electron chi connectivity index (χ3n) is 4.60. The molecule has 3 rings (SSSR count). The number of halogens is 1. The molecular formula is C20H24ClN3O2. The number of amides is 2. The molecule has 0 unspecified atom stereocenters. The number of hydrogen-bond donors (Lipinski definition) is 1. The molecule has 2 amide bonds. The molecular weight excluding hydrogens is 350 g/mol. The number of piperazine rings is 1. The van der Waals surface area contributed by atoms with Crippen LogP contribution < -0.4 is 10.1 Å². The molecule has 1 heterocycles. The molecule has 2 aromatic rings. The van der Waals surface area contributed by atoms with Crippen LogP contribution in [0.4, 0.5) is 4.79 Å². The van der Waals surface area contributed by atoms with Crippen LogP contribution in [0.15, 0.2) is 48.5 Å². The average molecular weight is 374 g/mol. The lowest BCUT2D eigenvalue weighted by atomic mass is 10.2. The van der Waals surface area contributed by atoms with Crippen LogP contribution in [0.1, 0.15) is 11.1 Å². The van der Waals surface area contributed by atoms with E-state index < -0.39 is 0 Å². The summed E-state index contributed by atoms with van der Waals surface area (Å²) in [4.78, 5) is 16.6. The molecule has 1 aliphatic heterocycles. The Balaban J connectivity index is 1.45. The third-order valence-corrected chi connectivity index (χ3v) is 4.85. The Labute approximate surface area is 159 Å². The highest BCUT2D eigenvalue weighted by molar-refractivity contribution is 6.30. The minimum Gasteiger partial charge on any atom is -0.496 e. The molecule has 0 spiro atoms. The molecule has 0 radical (unpaired) electrons. The highest BCUT2D eigenvalue weighted by Gasteiger charge is 2.21. The van der Waals surface area contributed by atoms with Crippen LogP contribution in [0, 0.1) is 0 Å². The van der Waals surface area contributed by atoms with Crippen LogP contribution in [0.5, 0.6) is 5.75 Å². The SMILES string of the molecule is COc1ccccc1CNC(=O)N1CCN(Cc2ccc(Cl)cc2)CC1. The number of nitrogens with zero attached hydrogens (tertiary/aromatic N) is 2. The van der Waals surface area contributed by atoms with Gasteiger partial charge in [0, 0.05) is 49.9 Å². The number of nitrogens with one attached hydrogen (secondary N) is 1. The topological polar surface area (TPSA) is 44.8 Å². The maximum atomic E-state index is 12.4. The standard InChI is InChI=1S/C20H24ClN3O2/c1-26-19-5-3-2-4-17(19)14-22-20(25)24-12-10-23(11-13-24)15-16-6-8-18(21)9-7-16/h2-9H,10-15H2,1H3,(H,22,25). The number of urea groups is 1. The summed E-state index contributed by atoms with van der Waals surface area (Å²) < 4.78 is 5.32. The van der Waals surface area contributed by atoms with Gasteiger partial charge in [-0.3, -0.25) is 4.90 Å². The zero-order valence-electron chi connectivity index (χ0n) is 15.0. The highest BCUT2D eigenvalue weighted by atomic mass is 35.5. The van der Waals surface area contributed by atoms with Crippen molar-refractivity contribution >= 4 is 17.6 Å². The number of para-hydroxylation sites is 1. The van der Waals surface area contributed by atoms with Gasteiger partial charge in [0.05, 0.1) is 7.11 Å². The molecule has 0 saturated carbocycles. The molecule has 6 heteroatoms. The van der Waals surface area contributed by atoms with Crippen LogP contribution in [0.25, 0.3) is 0 Å². The Morgan fingerprint density at radius 3 is 2.46 bits per heavy atom. The monoisotopic (exact) mass is 373 g/mol. The van der Waals surface area contributed by atoms with E-state index in [2.05, 4.69) is 22.3 Å². The van der Waals surface area contributed by atoms with Crippen LogP contribution in [-0.2, 0) is 13.1 Å². The summed E-state index contributed by atoms with van der Waals surface area (Å²) in [6, 6.07) is 15.6. The Bertz CT molecular complexity index is 728. The number of hydrogen-bond acceptors (Lipinski definition) is 3. The smallest absolute Gasteiger partial charge is 0.317 e. The van der Waals surface area contributed by atoms with E-state index in [4.69, 9.17) is 16.3 Å². The van der Waals surface area contributed by atoms with Gasteiger partial charge < -0.3 is 15.0 Å². The van der Waals surface area contributed by atoms with Crippen molar-refractivity contribution in [3.8, 4) is 5.75 Å². The third kappa shape index (κ3) is 4.90. The first-order valence-corrected chi connectivity index (χ1v) is 9.15. The summed E-state index contributed by atoms with van der Waals surface area (Å²) in [5.41, 5.74) is 2.22. The van der Waals surface area contributed by atoms with E-state index in [1.807, 2.05) is 41.3 Å². The van der Waals surface area contributed by atoms with Crippen LogP contribution in [0.2, 0.25) is 5.02 Å². The second-order valence-electron chi connectivity index (χ2n) is 6.36. The van der Waals surface area contributed by atoms with Gasteiger partial charge in [-0.1, -0.05) is 41.9 Å². The summed E-state index contributed by atoms with van der Waals surface area (Å²) in [5, 5.41) is 3.74. The summed E-state index contributed by atoms with van der Waals surface area (Å²) in [7, 11) is 1.64. The van der Waals surface area contributed by atoms with E-state index in [1.54, 1.807) is 7.11 Å². The van der Waals surface area contributed by atoms with Crippen molar-refractivity contribution < 1.29 is 9.53 Å². The van der Waals surface area contributed by atoms with Crippen LogP contribution in [0.3, 0.4) is 0 Å². The van der Waals surface area contributed by atoms with Gasteiger partial charge >= 0.3 is 6.03 Å². The summed E-state index contributed by atoms with van der Waals surface area (Å²) in [6.07, 6.45) is 0. The Kier molecular flexibility index (Phi) is 6.36. The van der Waals surface area contributed by atoms with Gasteiger partial charge in [0.1, 0.15) is 5.75 Å². The zero-order chi connectivity index (χ0) is 18.4. The lowest BCUT2D eigenvalue weighted by Crippen LogP contribution is -2.51. The normalized spacial score (nSPS) is 14.9. The number of rotatable bonds is 5. The van der Waals surface area contributed by atoms with E-state index >= 15 is 0 Å². The molecule has 2 aromatic carbocycles. The fourth-order valence-corrected chi connectivity index (χ4v) is 3.21. The van der Waals surface area contributed by atoms with Crippen molar-refractivity contribution in [2.75, 3.05) is 33.3 Å². The second kappa shape index (κ2) is 8.92. The number of methoxy groups -OCH3 is 1. The maximum absolute atomic E-state index is 12.4. The molecule has 1 saturated heterocycles. The minimum absolute atomic E-state index is 0.0259. The lowest BCUT2D eigenvalue weighted by molar-refractivity contribution is 0.135. The van der Waals surface area contributed by atoms with Gasteiger partial charge in [-0.15, -0.1) is 0 Å². The first kappa shape index (κ1) is 18.5. The number of carbonyl (C=O) groups excluding carboxylic acids is 1. The first-order valence-electron chi connectivity index (χ1n) is 8.77. The number of ether oxygens (including phenoxy) is 1. The zero-order valence-corrected chi connectivity index (χ0v) is 15.7. The number of carbonyl (C=O) groups is 1. The van der Waals surface area contributed by atoms with E-state index in [1.165, 1.54) is 5.56 Å². The molecule has 1 N–H and O–H groups in total. The number of benzene rings is 2. The van der Waals surface area contributed by atoms with E-state index in [0.717, 1.165) is 49.1 Å². The Morgan fingerprint density at radius 2 is 1.77 bits per heavy atom. The van der Waals surface area contributed by atoms with Gasteiger partial charge in [0.2, 0.25) is 0 Å². The molecule has 0 atom stereocenters. The fraction of sp³-hybridized carbons (Fsp3) is 0.350. The fourth-order valence-electron chi connectivity index (χ4n) is 3.09. The Morgan fingerprint density at radius 1 is 1.08 bits per heavy atom. The van der Waals surface area contributed by atoms with Crippen LogP contribution in [-0.4, -0.2) is 49.1 Å². The molecule has 0 bridgehead atoms. The molecule has 1 fully saturated rings. The summed E-state index contributed by atoms with van der Waals surface area (Å²) in [6.45, 7) is 4.54. The molecule has 5 nitrogen and oxygen atoms in total. The summed E-state index contributed by atoms with van der Waals surface area (Å²) >= 11 is 5.93. The van der Waals surface area contributed by atoms with Gasteiger partial charge in [0.15, 0.2) is 0 Å². The summed E-state index contributed by atoms with van der Waals surface area (Å²) in [5.74, 6) is 0.792. The predicted molar refractivity (Wildman–Crippen MR) is 104 cm³/mol. The minimum atomic E-state index is -0.0259. The van der Waals surface area contributed by atoms with Crippen molar-refractivity contribution in [1.29, 1.82) is 0 Å². The largest absolute Gasteiger partial charge is 0.496 e. The maximum Gasteiger partial charge on any atom is 0.317 e. The molecule has 138 valence electrons. The Hall–Kier alpha value is -2.24. The van der Waals surface area contributed by atoms with Crippen molar-refractivity contribution in [3.05, 3.63) is 64.7 Å². The van der Waals surface area contributed by atoms with E-state index in [9.17, 15) is 4.79 Å². The van der Waals surface area contributed by atoms with Crippen molar-refractivity contribution in [2.45, 2.75) is 13.1 Å². The molecule has 0 aromatic heterocycles.